The SMILES string of the molecule is COc1cccc(N2C(=O)C(c3ccc([N+](=O)[O-])cc3)=C(N3CCC(C)CC3)C2=O)c1. The minimum absolute atomic E-state index is 0.0703. The fourth-order valence-electron chi connectivity index (χ4n) is 4.04. The van der Waals surface area contributed by atoms with Crippen LogP contribution in [-0.4, -0.2) is 41.8 Å². The summed E-state index contributed by atoms with van der Waals surface area (Å²) in [6, 6.07) is 12.6. The number of benzene rings is 2. The lowest BCUT2D eigenvalue weighted by molar-refractivity contribution is -0.384. The van der Waals surface area contributed by atoms with Gasteiger partial charge in [0.2, 0.25) is 0 Å². The molecule has 4 rings (SSSR count). The number of carbonyl (C=O) groups excluding carboxylic acids is 2. The van der Waals surface area contributed by atoms with Crippen molar-refractivity contribution in [3.63, 3.8) is 0 Å². The molecule has 160 valence electrons. The third kappa shape index (κ3) is 3.76. The van der Waals surface area contributed by atoms with E-state index in [1.807, 2.05) is 4.90 Å². The van der Waals surface area contributed by atoms with Gasteiger partial charge in [-0.1, -0.05) is 13.0 Å². The van der Waals surface area contributed by atoms with Crippen LogP contribution in [0.15, 0.2) is 54.2 Å². The van der Waals surface area contributed by atoms with E-state index in [4.69, 9.17) is 4.74 Å². The molecule has 31 heavy (non-hydrogen) atoms. The van der Waals surface area contributed by atoms with Crippen molar-refractivity contribution in [3.8, 4) is 5.75 Å². The Hall–Kier alpha value is -3.68. The molecule has 2 aromatic carbocycles. The molecule has 0 spiro atoms. The number of anilines is 1. The van der Waals surface area contributed by atoms with E-state index in [-0.39, 0.29) is 17.2 Å². The van der Waals surface area contributed by atoms with Gasteiger partial charge in [-0.05, 0) is 48.6 Å². The molecule has 8 heteroatoms. The molecule has 0 atom stereocenters. The van der Waals surface area contributed by atoms with Crippen LogP contribution < -0.4 is 9.64 Å². The van der Waals surface area contributed by atoms with E-state index in [1.165, 1.54) is 31.4 Å². The lowest BCUT2D eigenvalue weighted by Crippen LogP contribution is -2.38. The quantitative estimate of drug-likeness (QED) is 0.416. The third-order valence-electron chi connectivity index (χ3n) is 5.84. The van der Waals surface area contributed by atoms with Crippen molar-refractivity contribution in [3.05, 3.63) is 69.9 Å². The number of hydrogen-bond acceptors (Lipinski definition) is 6. The first-order valence-corrected chi connectivity index (χ1v) is 10.2. The molecule has 0 saturated carbocycles. The molecule has 8 nitrogen and oxygen atoms in total. The number of rotatable bonds is 5. The fraction of sp³-hybridized carbons (Fsp3) is 0.304. The Morgan fingerprint density at radius 3 is 2.32 bits per heavy atom. The van der Waals surface area contributed by atoms with E-state index in [2.05, 4.69) is 6.92 Å². The standard InChI is InChI=1S/C23H23N3O5/c1-15-10-12-24(13-11-15)21-20(16-6-8-17(9-7-16)26(29)30)22(27)25(23(21)28)18-4-3-5-19(14-18)31-2/h3-9,14-15H,10-13H2,1-2H3. The van der Waals surface area contributed by atoms with Gasteiger partial charge >= 0.3 is 0 Å². The highest BCUT2D eigenvalue weighted by molar-refractivity contribution is 6.45. The number of nitrogens with zero attached hydrogens (tertiary/aromatic N) is 3. The number of non-ortho nitro benzene ring substituents is 1. The molecule has 0 radical (unpaired) electrons. The summed E-state index contributed by atoms with van der Waals surface area (Å²) in [4.78, 5) is 40.7. The monoisotopic (exact) mass is 421 g/mol. The second kappa shape index (κ2) is 8.22. The molecule has 2 aliphatic rings. The van der Waals surface area contributed by atoms with Gasteiger partial charge in [0.15, 0.2) is 0 Å². The predicted molar refractivity (Wildman–Crippen MR) is 115 cm³/mol. The summed E-state index contributed by atoms with van der Waals surface area (Å²) in [5, 5.41) is 11.0. The lowest BCUT2D eigenvalue weighted by atomic mass is 9.97. The highest BCUT2D eigenvalue weighted by Crippen LogP contribution is 2.37. The maximum atomic E-state index is 13.5. The van der Waals surface area contributed by atoms with Crippen molar-refractivity contribution in [1.29, 1.82) is 0 Å². The van der Waals surface area contributed by atoms with Gasteiger partial charge in [-0.3, -0.25) is 19.7 Å². The highest BCUT2D eigenvalue weighted by Gasteiger charge is 2.43. The first-order chi connectivity index (χ1) is 14.9. The van der Waals surface area contributed by atoms with E-state index < -0.39 is 10.8 Å². The van der Waals surface area contributed by atoms with Gasteiger partial charge in [0, 0.05) is 31.3 Å². The topological polar surface area (TPSA) is 93.0 Å². The largest absolute Gasteiger partial charge is 0.497 e. The Morgan fingerprint density at radius 2 is 1.71 bits per heavy atom. The minimum Gasteiger partial charge on any atom is -0.497 e. The number of hydrogen-bond donors (Lipinski definition) is 0. The number of amides is 2. The molecule has 0 aliphatic carbocycles. The fourth-order valence-corrected chi connectivity index (χ4v) is 4.04. The normalized spacial score (nSPS) is 17.5. The highest BCUT2D eigenvalue weighted by atomic mass is 16.6. The van der Waals surface area contributed by atoms with Crippen LogP contribution in [0.3, 0.4) is 0 Å². The molecule has 2 amide bonds. The van der Waals surface area contributed by atoms with Crippen LogP contribution in [0.25, 0.3) is 5.57 Å². The number of imide groups is 1. The summed E-state index contributed by atoms with van der Waals surface area (Å²) in [5.74, 6) is 0.262. The lowest BCUT2D eigenvalue weighted by Gasteiger charge is -2.32. The predicted octanol–water partition coefficient (Wildman–Crippen LogP) is 3.62. The maximum absolute atomic E-state index is 13.5. The van der Waals surface area contributed by atoms with Crippen LogP contribution in [0.5, 0.6) is 5.75 Å². The molecule has 2 aromatic rings. The zero-order chi connectivity index (χ0) is 22.1. The van der Waals surface area contributed by atoms with E-state index >= 15 is 0 Å². The molecule has 0 unspecified atom stereocenters. The molecular weight excluding hydrogens is 398 g/mol. The van der Waals surface area contributed by atoms with E-state index in [1.54, 1.807) is 24.3 Å². The van der Waals surface area contributed by atoms with Crippen molar-refractivity contribution < 1.29 is 19.2 Å². The Kier molecular flexibility index (Phi) is 5.46. The zero-order valence-electron chi connectivity index (χ0n) is 17.4. The molecule has 0 N–H and O–H groups in total. The number of nitro benzene ring substituents is 1. The maximum Gasteiger partial charge on any atom is 0.282 e. The smallest absolute Gasteiger partial charge is 0.282 e. The van der Waals surface area contributed by atoms with Crippen LogP contribution >= 0.6 is 0 Å². The van der Waals surface area contributed by atoms with Gasteiger partial charge < -0.3 is 9.64 Å². The number of methoxy groups -OCH3 is 1. The Labute approximate surface area is 179 Å². The van der Waals surface area contributed by atoms with Crippen molar-refractivity contribution in [2.24, 2.45) is 5.92 Å². The molecule has 2 heterocycles. The number of likely N-dealkylation sites (tertiary alicyclic amines) is 1. The van der Waals surface area contributed by atoms with Gasteiger partial charge in [-0.2, -0.15) is 0 Å². The molecule has 2 aliphatic heterocycles. The summed E-state index contributed by atoms with van der Waals surface area (Å²) in [5.41, 5.74) is 1.47. The van der Waals surface area contributed by atoms with Gasteiger partial charge in [-0.15, -0.1) is 0 Å². The van der Waals surface area contributed by atoms with E-state index in [0.717, 1.165) is 17.7 Å². The second-order valence-electron chi connectivity index (χ2n) is 7.84. The minimum atomic E-state index is -0.491. The molecule has 1 saturated heterocycles. The average molecular weight is 421 g/mol. The van der Waals surface area contributed by atoms with Crippen LogP contribution in [0, 0.1) is 16.0 Å². The first-order valence-electron chi connectivity index (χ1n) is 10.2. The van der Waals surface area contributed by atoms with Crippen molar-refractivity contribution in [2.45, 2.75) is 19.8 Å². The number of ether oxygens (including phenoxy) is 1. The number of nitro groups is 1. The van der Waals surface area contributed by atoms with E-state index in [9.17, 15) is 19.7 Å². The Bertz CT molecular complexity index is 1070. The Balaban J connectivity index is 1.80. The number of carbonyl (C=O) groups is 2. The van der Waals surface area contributed by atoms with Crippen LogP contribution in [-0.2, 0) is 9.59 Å². The number of piperidine rings is 1. The zero-order valence-corrected chi connectivity index (χ0v) is 17.4. The van der Waals surface area contributed by atoms with Crippen LogP contribution in [0.1, 0.15) is 25.3 Å². The molecular formula is C23H23N3O5. The Morgan fingerprint density at radius 1 is 1.03 bits per heavy atom. The van der Waals surface area contributed by atoms with Gasteiger partial charge in [0.25, 0.3) is 17.5 Å². The van der Waals surface area contributed by atoms with Crippen molar-refractivity contribution >= 4 is 28.8 Å². The van der Waals surface area contributed by atoms with Gasteiger partial charge in [0.05, 0.1) is 23.3 Å². The van der Waals surface area contributed by atoms with Gasteiger partial charge in [0.1, 0.15) is 11.4 Å². The second-order valence-corrected chi connectivity index (χ2v) is 7.84. The van der Waals surface area contributed by atoms with Crippen LogP contribution in [0.2, 0.25) is 0 Å². The van der Waals surface area contributed by atoms with Gasteiger partial charge in [-0.25, -0.2) is 4.90 Å². The molecule has 0 aromatic heterocycles. The summed E-state index contributed by atoms with van der Waals surface area (Å²) in [6.45, 7) is 3.53. The summed E-state index contributed by atoms with van der Waals surface area (Å²) >= 11 is 0. The molecule has 1 fully saturated rings. The van der Waals surface area contributed by atoms with Crippen molar-refractivity contribution in [2.75, 3.05) is 25.1 Å². The first kappa shape index (κ1) is 20.6. The van der Waals surface area contributed by atoms with Crippen molar-refractivity contribution in [1.82, 2.24) is 4.90 Å². The molecule has 0 bridgehead atoms. The summed E-state index contributed by atoms with van der Waals surface area (Å²) < 4.78 is 5.25. The summed E-state index contributed by atoms with van der Waals surface area (Å²) in [6.07, 6.45) is 1.86. The van der Waals surface area contributed by atoms with E-state index in [0.29, 0.717) is 41.7 Å². The average Bonchev–Trinajstić information content (AvgIpc) is 3.04. The van der Waals surface area contributed by atoms with Crippen LogP contribution in [0.4, 0.5) is 11.4 Å². The summed E-state index contributed by atoms with van der Waals surface area (Å²) in [7, 11) is 1.52. The third-order valence-corrected chi connectivity index (χ3v) is 5.84.